The number of amides is 2. The van der Waals surface area contributed by atoms with E-state index < -0.39 is 5.97 Å². The second-order valence-corrected chi connectivity index (χ2v) is 5.18. The van der Waals surface area contributed by atoms with Gasteiger partial charge in [0.15, 0.2) is 0 Å². The predicted octanol–water partition coefficient (Wildman–Crippen LogP) is 0.604. The van der Waals surface area contributed by atoms with Crippen molar-refractivity contribution >= 4 is 12.0 Å². The Labute approximate surface area is 107 Å². The molecule has 104 valence electrons. The molecular formula is C12H22N2O4. The average molecular weight is 258 g/mol. The van der Waals surface area contributed by atoms with Gasteiger partial charge in [-0.05, 0) is 26.2 Å². The van der Waals surface area contributed by atoms with Crippen molar-refractivity contribution in [2.75, 3.05) is 19.6 Å². The first kappa shape index (κ1) is 14.8. The molecule has 0 bridgehead atoms. The molecule has 0 aromatic carbocycles. The lowest BCUT2D eigenvalue weighted by molar-refractivity contribution is -0.138. The van der Waals surface area contributed by atoms with Crippen LogP contribution < -0.4 is 0 Å². The van der Waals surface area contributed by atoms with Gasteiger partial charge in [-0.2, -0.15) is 0 Å². The summed E-state index contributed by atoms with van der Waals surface area (Å²) < 4.78 is 0. The van der Waals surface area contributed by atoms with Crippen LogP contribution in [-0.2, 0) is 4.79 Å². The Bertz CT molecular complexity index is 319. The maximum Gasteiger partial charge on any atom is 0.323 e. The van der Waals surface area contributed by atoms with Crippen molar-refractivity contribution in [2.24, 2.45) is 5.92 Å². The van der Waals surface area contributed by atoms with Gasteiger partial charge in [0.05, 0.1) is 6.10 Å². The quantitative estimate of drug-likeness (QED) is 0.777. The minimum Gasteiger partial charge on any atom is -0.480 e. The molecule has 0 spiro atoms. The molecule has 1 aliphatic heterocycles. The zero-order valence-electron chi connectivity index (χ0n) is 11.2. The monoisotopic (exact) mass is 258 g/mol. The van der Waals surface area contributed by atoms with Crippen molar-refractivity contribution in [1.29, 1.82) is 0 Å². The number of hydrogen-bond donors (Lipinski definition) is 2. The maximum atomic E-state index is 12.2. The largest absolute Gasteiger partial charge is 0.480 e. The predicted molar refractivity (Wildman–Crippen MR) is 66.2 cm³/mol. The van der Waals surface area contributed by atoms with Crippen LogP contribution in [0.5, 0.6) is 0 Å². The van der Waals surface area contributed by atoms with Gasteiger partial charge in [-0.15, -0.1) is 0 Å². The van der Waals surface area contributed by atoms with Crippen molar-refractivity contribution < 1.29 is 19.8 Å². The summed E-state index contributed by atoms with van der Waals surface area (Å²) in [7, 11) is 0. The lowest BCUT2D eigenvalue weighted by Crippen LogP contribution is -2.53. The molecule has 0 aliphatic carbocycles. The normalized spacial score (nSPS) is 24.2. The van der Waals surface area contributed by atoms with Crippen molar-refractivity contribution in [3.63, 3.8) is 0 Å². The topological polar surface area (TPSA) is 81.1 Å². The minimum atomic E-state index is -1.01. The number of carbonyl (C=O) groups is 2. The summed E-state index contributed by atoms with van der Waals surface area (Å²) >= 11 is 0. The van der Waals surface area contributed by atoms with E-state index in [1.165, 1.54) is 4.90 Å². The molecule has 18 heavy (non-hydrogen) atoms. The Morgan fingerprint density at radius 1 is 1.44 bits per heavy atom. The van der Waals surface area contributed by atoms with Crippen LogP contribution in [0.3, 0.4) is 0 Å². The Balaban J connectivity index is 2.68. The van der Waals surface area contributed by atoms with Crippen molar-refractivity contribution in [2.45, 2.75) is 39.3 Å². The number of aliphatic carboxylic acids is 1. The van der Waals surface area contributed by atoms with Gasteiger partial charge in [-0.1, -0.05) is 6.92 Å². The molecule has 2 N–H and O–H groups in total. The summed E-state index contributed by atoms with van der Waals surface area (Å²) in [5.74, 6) is -0.983. The summed E-state index contributed by atoms with van der Waals surface area (Å²) in [6, 6.07) is -0.415. The number of hydrogen-bond acceptors (Lipinski definition) is 3. The summed E-state index contributed by atoms with van der Waals surface area (Å²) in [6.07, 6.45) is 0.173. The molecule has 2 atom stereocenters. The number of aliphatic hydroxyl groups is 1. The maximum absolute atomic E-state index is 12.2. The van der Waals surface area contributed by atoms with E-state index in [0.717, 1.165) is 0 Å². The van der Waals surface area contributed by atoms with Crippen LogP contribution >= 0.6 is 0 Å². The van der Waals surface area contributed by atoms with Gasteiger partial charge in [0.25, 0.3) is 0 Å². The number of nitrogens with zero attached hydrogens (tertiary/aromatic N) is 2. The first-order valence-electron chi connectivity index (χ1n) is 6.28. The van der Waals surface area contributed by atoms with Gasteiger partial charge >= 0.3 is 12.0 Å². The number of carboxylic acids is 1. The summed E-state index contributed by atoms with van der Waals surface area (Å²) in [5, 5.41) is 18.4. The van der Waals surface area contributed by atoms with Gasteiger partial charge in [-0.25, -0.2) is 4.79 Å². The number of likely N-dealkylation sites (tertiary alicyclic amines) is 1. The SMILES string of the molecule is CC1CN(C(=O)N(CC(=O)O)C(C)C)CCC1O. The number of carboxylic acid groups (broad SMARTS) is 1. The fourth-order valence-electron chi connectivity index (χ4n) is 2.11. The summed E-state index contributed by atoms with van der Waals surface area (Å²) in [6.45, 7) is 6.15. The zero-order chi connectivity index (χ0) is 13.9. The number of rotatable bonds is 3. The van der Waals surface area contributed by atoms with Gasteiger partial charge in [0.2, 0.25) is 0 Å². The van der Waals surface area contributed by atoms with Crippen molar-refractivity contribution in [3.8, 4) is 0 Å². The number of carbonyl (C=O) groups excluding carboxylic acids is 1. The highest BCUT2D eigenvalue weighted by molar-refractivity contribution is 5.80. The van der Waals surface area contributed by atoms with Crippen LogP contribution in [0.1, 0.15) is 27.2 Å². The van der Waals surface area contributed by atoms with Crippen LogP contribution in [0.15, 0.2) is 0 Å². The van der Waals surface area contributed by atoms with Crippen LogP contribution in [-0.4, -0.2) is 63.8 Å². The highest BCUT2D eigenvalue weighted by Gasteiger charge is 2.31. The van der Waals surface area contributed by atoms with E-state index in [0.29, 0.717) is 19.5 Å². The molecule has 0 radical (unpaired) electrons. The second-order valence-electron chi connectivity index (χ2n) is 5.18. The van der Waals surface area contributed by atoms with Crippen molar-refractivity contribution in [1.82, 2.24) is 9.80 Å². The molecule has 1 heterocycles. The van der Waals surface area contributed by atoms with Crippen LogP contribution in [0.2, 0.25) is 0 Å². The van der Waals surface area contributed by atoms with Gasteiger partial charge in [-0.3, -0.25) is 4.79 Å². The van der Waals surface area contributed by atoms with E-state index in [1.807, 2.05) is 6.92 Å². The van der Waals surface area contributed by atoms with E-state index in [2.05, 4.69) is 0 Å². The van der Waals surface area contributed by atoms with Gasteiger partial charge in [0, 0.05) is 19.1 Å². The molecule has 1 fully saturated rings. The molecule has 2 amide bonds. The molecule has 6 heteroatoms. The molecule has 6 nitrogen and oxygen atoms in total. The molecule has 1 rings (SSSR count). The molecule has 0 saturated carbocycles. The van der Waals surface area contributed by atoms with E-state index in [4.69, 9.17) is 5.11 Å². The Kier molecular flexibility index (Phi) is 4.95. The number of urea groups is 1. The first-order chi connectivity index (χ1) is 8.32. The van der Waals surface area contributed by atoms with Crippen LogP contribution in [0, 0.1) is 5.92 Å². The molecule has 1 aliphatic rings. The second kappa shape index (κ2) is 6.04. The van der Waals surface area contributed by atoms with E-state index >= 15 is 0 Å². The lowest BCUT2D eigenvalue weighted by atomic mass is 9.97. The van der Waals surface area contributed by atoms with Crippen LogP contribution in [0.25, 0.3) is 0 Å². The molecule has 1 saturated heterocycles. The standard InChI is InChI=1S/C12H22N2O4/c1-8(2)14(7-11(16)17)12(18)13-5-4-10(15)9(3)6-13/h8-10,15H,4-7H2,1-3H3,(H,16,17). The third kappa shape index (κ3) is 3.60. The third-order valence-corrected chi connectivity index (χ3v) is 3.31. The summed E-state index contributed by atoms with van der Waals surface area (Å²) in [4.78, 5) is 26.0. The molecule has 0 aromatic rings. The minimum absolute atomic E-state index is 0.0292. The number of aliphatic hydroxyl groups excluding tert-OH is 1. The van der Waals surface area contributed by atoms with Gasteiger partial charge in [0.1, 0.15) is 6.54 Å². The third-order valence-electron chi connectivity index (χ3n) is 3.31. The lowest BCUT2D eigenvalue weighted by Gasteiger charge is -2.38. The Morgan fingerprint density at radius 2 is 2.06 bits per heavy atom. The highest BCUT2D eigenvalue weighted by atomic mass is 16.4. The summed E-state index contributed by atoms with van der Waals surface area (Å²) in [5.41, 5.74) is 0. The van der Waals surface area contributed by atoms with Crippen molar-refractivity contribution in [3.05, 3.63) is 0 Å². The highest BCUT2D eigenvalue weighted by Crippen LogP contribution is 2.18. The fraction of sp³-hybridized carbons (Fsp3) is 0.833. The van der Waals surface area contributed by atoms with E-state index in [1.54, 1.807) is 18.7 Å². The first-order valence-corrected chi connectivity index (χ1v) is 6.28. The van der Waals surface area contributed by atoms with E-state index in [9.17, 15) is 14.7 Å². The Morgan fingerprint density at radius 3 is 2.50 bits per heavy atom. The van der Waals surface area contributed by atoms with E-state index in [-0.39, 0.29) is 30.6 Å². The molecular weight excluding hydrogens is 236 g/mol. The Hall–Kier alpha value is -1.30. The van der Waals surface area contributed by atoms with Crippen LogP contribution in [0.4, 0.5) is 4.79 Å². The van der Waals surface area contributed by atoms with Gasteiger partial charge < -0.3 is 20.0 Å². The fourth-order valence-corrected chi connectivity index (χ4v) is 2.11. The smallest absolute Gasteiger partial charge is 0.323 e. The number of piperidine rings is 1. The average Bonchev–Trinajstić information content (AvgIpc) is 2.28. The molecule has 0 aromatic heterocycles. The zero-order valence-corrected chi connectivity index (χ0v) is 11.2. The molecule has 2 unspecified atom stereocenters.